The largest absolute Gasteiger partial charge is 1.00 e. The van der Waals surface area contributed by atoms with Crippen LogP contribution in [0.1, 0.15) is 0 Å². The molecule has 0 aromatic heterocycles. The van der Waals surface area contributed by atoms with Gasteiger partial charge in [-0.05, 0) is 0 Å². The van der Waals surface area contributed by atoms with Crippen molar-refractivity contribution in [2.45, 2.75) is 0 Å². The van der Waals surface area contributed by atoms with Crippen LogP contribution in [0.2, 0.25) is 0 Å². The third-order valence-electron chi connectivity index (χ3n) is 0. The predicted octanol–water partition coefficient (Wildman–Crippen LogP) is -5.47. The van der Waals surface area contributed by atoms with Crippen LogP contribution < -0.4 is 18.9 Å². The Balaban J connectivity index is 0. The van der Waals surface area contributed by atoms with Gasteiger partial charge in [0.05, 0.1) is 0 Å². The molecule has 1 radical (unpaired) electrons. The summed E-state index contributed by atoms with van der Waals surface area (Å²) in [6.45, 7) is 0. The molecule has 0 atom stereocenters. The van der Waals surface area contributed by atoms with E-state index in [2.05, 4.69) is 0 Å². The van der Waals surface area contributed by atoms with Gasteiger partial charge in [0.1, 0.15) is 0 Å². The van der Waals surface area contributed by atoms with Gasteiger partial charge in [-0.2, -0.15) is 0 Å². The molecule has 0 heterocycles. The molecule has 0 amide bonds. The van der Waals surface area contributed by atoms with Crippen molar-refractivity contribution in [2.24, 2.45) is 0 Å². The van der Waals surface area contributed by atoms with E-state index in [4.69, 9.17) is 0 Å². The molecule has 0 saturated carbocycles. The summed E-state index contributed by atoms with van der Waals surface area (Å²) in [6.07, 6.45) is 0. The molecule has 0 fully saturated rings. The van der Waals surface area contributed by atoms with Gasteiger partial charge in [-0.25, -0.2) is 0 Å². The Labute approximate surface area is 54.1 Å². The van der Waals surface area contributed by atoms with Crippen LogP contribution in [0, 0.1) is 0 Å². The maximum atomic E-state index is 0. The van der Waals surface area contributed by atoms with Gasteiger partial charge < -0.3 is 16.4 Å². The Morgan fingerprint density at radius 3 is 0.600 bits per heavy atom. The van der Waals surface area contributed by atoms with E-state index < -0.39 is 0 Å². The molecule has 0 aliphatic rings. The van der Waals surface area contributed by atoms with E-state index in [0.29, 0.717) is 0 Å². The second-order valence-electron chi connectivity index (χ2n) is 0. The van der Waals surface area contributed by atoms with E-state index in [-0.39, 0.29) is 53.8 Å². The summed E-state index contributed by atoms with van der Waals surface area (Å²) in [7, 11) is 0. The summed E-state index contributed by atoms with van der Waals surface area (Å²) >= 11 is 0. The van der Waals surface area contributed by atoms with Crippen molar-refractivity contribution in [1.82, 2.24) is 0 Å². The molecular formula is H6LiO3V+. The standard InChI is InChI=1S/Li.3H2O.V/h;3*1H2;/q+1;;;;. The molecule has 6 N–H and O–H groups in total. The second kappa shape index (κ2) is 74.1. The molecule has 0 saturated heterocycles. The molecule has 3 nitrogen and oxygen atoms in total. The fraction of sp³-hybridized carbons (Fsp3) is 0. The minimum Gasteiger partial charge on any atom is -0.412 e. The number of hydrogen-bond donors (Lipinski definition) is 0. The van der Waals surface area contributed by atoms with Crippen LogP contribution in [-0.4, -0.2) is 16.4 Å². The minimum absolute atomic E-state index is 0. The van der Waals surface area contributed by atoms with Gasteiger partial charge in [-0.1, -0.05) is 0 Å². The Morgan fingerprint density at radius 2 is 0.600 bits per heavy atom. The van der Waals surface area contributed by atoms with Gasteiger partial charge in [0.25, 0.3) is 0 Å². The van der Waals surface area contributed by atoms with Crippen molar-refractivity contribution in [3.8, 4) is 0 Å². The first kappa shape index (κ1) is 138. The van der Waals surface area contributed by atoms with E-state index in [1.165, 1.54) is 0 Å². The van der Waals surface area contributed by atoms with Crippen LogP contribution in [0.4, 0.5) is 0 Å². The summed E-state index contributed by atoms with van der Waals surface area (Å²) in [6, 6.07) is 0. The quantitative estimate of drug-likeness (QED) is 0.279. The molecule has 0 spiro atoms. The average molecular weight is 112 g/mol. The normalized spacial score (nSPS) is 0. The van der Waals surface area contributed by atoms with E-state index in [0.717, 1.165) is 0 Å². The monoisotopic (exact) mass is 112 g/mol. The van der Waals surface area contributed by atoms with Crippen molar-refractivity contribution in [3.05, 3.63) is 0 Å². The van der Waals surface area contributed by atoms with E-state index in [9.17, 15) is 0 Å². The summed E-state index contributed by atoms with van der Waals surface area (Å²) in [4.78, 5) is 0. The van der Waals surface area contributed by atoms with Crippen LogP contribution in [0.3, 0.4) is 0 Å². The Kier molecular flexibility index (Phi) is 2040. The van der Waals surface area contributed by atoms with Gasteiger partial charge in [0.2, 0.25) is 0 Å². The van der Waals surface area contributed by atoms with Gasteiger partial charge >= 0.3 is 18.9 Å². The van der Waals surface area contributed by atoms with Gasteiger partial charge in [0.15, 0.2) is 0 Å². The smallest absolute Gasteiger partial charge is 0.412 e. The van der Waals surface area contributed by atoms with Crippen LogP contribution in [0.5, 0.6) is 0 Å². The molecule has 0 rings (SSSR count). The van der Waals surface area contributed by atoms with Crippen LogP contribution >= 0.6 is 0 Å². The minimum atomic E-state index is 0. The Hall–Kier alpha value is 1.06. The SMILES string of the molecule is O.O.O.[Li+].[V]. The van der Waals surface area contributed by atoms with Crippen molar-refractivity contribution < 1.29 is 53.8 Å². The average Bonchev–Trinajstić information content (AvgIpc) is 0. The molecule has 0 unspecified atom stereocenters. The van der Waals surface area contributed by atoms with Crippen molar-refractivity contribution >= 4 is 0 Å². The second-order valence-corrected chi connectivity index (χ2v) is 0. The van der Waals surface area contributed by atoms with Gasteiger partial charge in [-0.3, -0.25) is 0 Å². The molecule has 0 bridgehead atoms. The summed E-state index contributed by atoms with van der Waals surface area (Å²) in [5.74, 6) is 0. The Morgan fingerprint density at radius 1 is 0.600 bits per heavy atom. The van der Waals surface area contributed by atoms with E-state index in [1.54, 1.807) is 0 Å². The molecule has 29 valence electrons. The number of rotatable bonds is 0. The van der Waals surface area contributed by atoms with Gasteiger partial charge in [-0.15, -0.1) is 0 Å². The summed E-state index contributed by atoms with van der Waals surface area (Å²) < 4.78 is 0. The molecule has 0 aromatic carbocycles. The summed E-state index contributed by atoms with van der Waals surface area (Å²) in [5, 5.41) is 0. The molecule has 0 aliphatic heterocycles. The first-order valence-corrected chi connectivity index (χ1v) is 0. The Bertz CT molecular complexity index is 6.85. The maximum absolute atomic E-state index is 0. The topological polar surface area (TPSA) is 94.5 Å². The van der Waals surface area contributed by atoms with Crippen LogP contribution in [0.15, 0.2) is 0 Å². The first-order chi connectivity index (χ1) is 0. The van der Waals surface area contributed by atoms with E-state index in [1.807, 2.05) is 0 Å². The fourth-order valence-corrected chi connectivity index (χ4v) is 0. The first-order valence-electron chi connectivity index (χ1n) is 0. The zero-order valence-electron chi connectivity index (χ0n) is 2.95. The molecular weight excluding hydrogens is 106 g/mol. The van der Waals surface area contributed by atoms with Crippen molar-refractivity contribution in [1.29, 1.82) is 0 Å². The third kappa shape index (κ3) is 42.1. The zero-order chi connectivity index (χ0) is 0. The summed E-state index contributed by atoms with van der Waals surface area (Å²) in [5.41, 5.74) is 0. The molecule has 0 aliphatic carbocycles. The van der Waals surface area contributed by atoms with Crippen molar-refractivity contribution in [2.75, 3.05) is 0 Å². The van der Waals surface area contributed by atoms with Gasteiger partial charge in [0, 0.05) is 18.6 Å². The molecule has 5 heteroatoms. The number of hydrogen-bond acceptors (Lipinski definition) is 0. The van der Waals surface area contributed by atoms with Crippen LogP contribution in [0.25, 0.3) is 0 Å². The fourth-order valence-electron chi connectivity index (χ4n) is 0. The zero-order valence-corrected chi connectivity index (χ0v) is 4.34. The molecule has 5 heavy (non-hydrogen) atoms. The van der Waals surface area contributed by atoms with E-state index >= 15 is 0 Å². The maximum Gasteiger partial charge on any atom is 1.00 e. The van der Waals surface area contributed by atoms with Crippen LogP contribution in [-0.2, 0) is 18.6 Å². The molecule has 0 aromatic rings. The van der Waals surface area contributed by atoms with Crippen molar-refractivity contribution in [3.63, 3.8) is 0 Å². The predicted molar refractivity (Wildman–Crippen MR) is 10.8 cm³/mol. The third-order valence-corrected chi connectivity index (χ3v) is 0.